The van der Waals surface area contributed by atoms with Crippen molar-refractivity contribution in [1.29, 1.82) is 0 Å². The van der Waals surface area contributed by atoms with Crippen LogP contribution in [0.3, 0.4) is 0 Å². The zero-order valence-corrected chi connectivity index (χ0v) is 14.0. The van der Waals surface area contributed by atoms with Gasteiger partial charge in [0.1, 0.15) is 5.69 Å². The Morgan fingerprint density at radius 1 is 1.21 bits per heavy atom. The number of amides is 1. The lowest BCUT2D eigenvalue weighted by Crippen LogP contribution is -2.36. The second-order valence-electron chi connectivity index (χ2n) is 6.20. The van der Waals surface area contributed by atoms with E-state index in [0.717, 1.165) is 24.2 Å². The summed E-state index contributed by atoms with van der Waals surface area (Å²) < 4.78 is 0. The Kier molecular flexibility index (Phi) is 5.36. The van der Waals surface area contributed by atoms with Gasteiger partial charge in [-0.3, -0.25) is 9.78 Å². The third-order valence-electron chi connectivity index (χ3n) is 4.18. The van der Waals surface area contributed by atoms with Crippen molar-refractivity contribution in [2.45, 2.75) is 51.6 Å². The molecule has 126 valence electrons. The van der Waals surface area contributed by atoms with E-state index in [1.807, 2.05) is 25.1 Å². The molecule has 0 radical (unpaired) electrons. The first-order chi connectivity index (χ1) is 11.7. The molecule has 6 nitrogen and oxygen atoms in total. The zero-order chi connectivity index (χ0) is 16.8. The van der Waals surface area contributed by atoms with Gasteiger partial charge in [0, 0.05) is 17.9 Å². The maximum absolute atomic E-state index is 12.5. The van der Waals surface area contributed by atoms with Crippen LogP contribution in [0, 0.1) is 6.92 Å². The average Bonchev–Trinajstić information content (AvgIpc) is 2.61. The van der Waals surface area contributed by atoms with Crippen LogP contribution in [0.2, 0.25) is 0 Å². The monoisotopic (exact) mass is 325 g/mol. The summed E-state index contributed by atoms with van der Waals surface area (Å²) in [6.45, 7) is 2.39. The van der Waals surface area contributed by atoms with E-state index in [2.05, 4.69) is 25.6 Å². The van der Waals surface area contributed by atoms with Gasteiger partial charge in [-0.15, -0.1) is 0 Å². The Hall–Kier alpha value is -2.50. The van der Waals surface area contributed by atoms with E-state index in [9.17, 15) is 4.79 Å². The fourth-order valence-electron chi connectivity index (χ4n) is 2.94. The second-order valence-corrected chi connectivity index (χ2v) is 6.20. The van der Waals surface area contributed by atoms with Crippen molar-refractivity contribution in [3.63, 3.8) is 0 Å². The molecule has 2 heterocycles. The predicted molar refractivity (Wildman–Crippen MR) is 92.7 cm³/mol. The topological polar surface area (TPSA) is 79.8 Å². The molecule has 0 unspecified atom stereocenters. The van der Waals surface area contributed by atoms with E-state index in [1.54, 1.807) is 12.3 Å². The number of aryl methyl sites for hydroxylation is 1. The van der Waals surface area contributed by atoms with Crippen LogP contribution in [0.1, 0.15) is 54.0 Å². The van der Waals surface area contributed by atoms with Crippen molar-refractivity contribution < 1.29 is 4.79 Å². The molecule has 2 aromatic heterocycles. The van der Waals surface area contributed by atoms with Crippen LogP contribution in [-0.4, -0.2) is 26.9 Å². The highest BCUT2D eigenvalue weighted by molar-refractivity contribution is 5.92. The number of nitrogens with zero attached hydrogens (tertiary/aromatic N) is 3. The molecule has 1 aliphatic carbocycles. The molecule has 24 heavy (non-hydrogen) atoms. The molecule has 1 saturated carbocycles. The van der Waals surface area contributed by atoms with Gasteiger partial charge in [0.2, 0.25) is 5.95 Å². The Balaban J connectivity index is 1.65. The number of rotatable bonds is 5. The summed E-state index contributed by atoms with van der Waals surface area (Å²) in [5.41, 5.74) is 2.08. The summed E-state index contributed by atoms with van der Waals surface area (Å²) in [6, 6.07) is 7.74. The standard InChI is InChI=1S/C18H23N5O/c1-13-11-16(17(24)22-14-7-3-2-4-8-14)23-18(21-13)20-12-15-9-5-6-10-19-15/h5-6,9-11,14H,2-4,7-8,12H2,1H3,(H,22,24)(H,20,21,23). The number of aromatic nitrogens is 3. The molecule has 0 atom stereocenters. The van der Waals surface area contributed by atoms with Crippen molar-refractivity contribution in [1.82, 2.24) is 20.3 Å². The molecular formula is C18H23N5O. The van der Waals surface area contributed by atoms with Crippen molar-refractivity contribution in [2.75, 3.05) is 5.32 Å². The van der Waals surface area contributed by atoms with Gasteiger partial charge in [-0.2, -0.15) is 0 Å². The quantitative estimate of drug-likeness (QED) is 0.883. The van der Waals surface area contributed by atoms with Crippen LogP contribution in [0.15, 0.2) is 30.5 Å². The third kappa shape index (κ3) is 4.50. The largest absolute Gasteiger partial charge is 0.349 e. The zero-order valence-electron chi connectivity index (χ0n) is 14.0. The summed E-state index contributed by atoms with van der Waals surface area (Å²) in [4.78, 5) is 25.4. The molecule has 2 aromatic rings. The number of carbonyl (C=O) groups excluding carboxylic acids is 1. The normalized spacial score (nSPS) is 15.0. The Bertz CT molecular complexity index is 683. The molecule has 0 aromatic carbocycles. The maximum atomic E-state index is 12.5. The van der Waals surface area contributed by atoms with Crippen LogP contribution in [-0.2, 0) is 6.54 Å². The van der Waals surface area contributed by atoms with Gasteiger partial charge in [0.15, 0.2) is 0 Å². The van der Waals surface area contributed by atoms with Crippen LogP contribution in [0.25, 0.3) is 0 Å². The fraction of sp³-hybridized carbons (Fsp3) is 0.444. The number of carbonyl (C=O) groups is 1. The molecule has 0 spiro atoms. The Morgan fingerprint density at radius 2 is 2.04 bits per heavy atom. The van der Waals surface area contributed by atoms with E-state index in [0.29, 0.717) is 18.2 Å². The molecule has 1 aliphatic rings. The van der Waals surface area contributed by atoms with Gasteiger partial charge in [0.05, 0.1) is 12.2 Å². The number of hydrogen-bond acceptors (Lipinski definition) is 5. The molecule has 1 amide bonds. The van der Waals surface area contributed by atoms with Gasteiger partial charge in [0.25, 0.3) is 5.91 Å². The Morgan fingerprint density at radius 3 is 2.79 bits per heavy atom. The fourth-order valence-corrected chi connectivity index (χ4v) is 2.94. The van der Waals surface area contributed by atoms with Gasteiger partial charge in [-0.25, -0.2) is 9.97 Å². The minimum absolute atomic E-state index is 0.117. The predicted octanol–water partition coefficient (Wildman–Crippen LogP) is 2.85. The van der Waals surface area contributed by atoms with Crippen LogP contribution in [0.5, 0.6) is 0 Å². The molecule has 2 N–H and O–H groups in total. The van der Waals surface area contributed by atoms with Crippen molar-refractivity contribution >= 4 is 11.9 Å². The summed E-state index contributed by atoms with van der Waals surface area (Å²) in [5, 5.41) is 6.23. The molecule has 6 heteroatoms. The summed E-state index contributed by atoms with van der Waals surface area (Å²) in [6.07, 6.45) is 7.49. The van der Waals surface area contributed by atoms with E-state index in [1.165, 1.54) is 19.3 Å². The van der Waals surface area contributed by atoms with Crippen LogP contribution >= 0.6 is 0 Å². The first kappa shape index (κ1) is 16.4. The van der Waals surface area contributed by atoms with Gasteiger partial charge < -0.3 is 10.6 Å². The smallest absolute Gasteiger partial charge is 0.270 e. The van der Waals surface area contributed by atoms with Crippen molar-refractivity contribution in [2.24, 2.45) is 0 Å². The number of pyridine rings is 1. The Labute approximate surface area is 142 Å². The van der Waals surface area contributed by atoms with E-state index in [-0.39, 0.29) is 11.9 Å². The highest BCUT2D eigenvalue weighted by Gasteiger charge is 2.18. The number of nitrogens with one attached hydrogen (secondary N) is 2. The van der Waals surface area contributed by atoms with E-state index in [4.69, 9.17) is 0 Å². The van der Waals surface area contributed by atoms with Crippen LogP contribution in [0.4, 0.5) is 5.95 Å². The lowest BCUT2D eigenvalue weighted by atomic mass is 9.95. The number of anilines is 1. The van der Waals surface area contributed by atoms with Gasteiger partial charge in [-0.05, 0) is 38.0 Å². The van der Waals surface area contributed by atoms with E-state index >= 15 is 0 Å². The molecule has 0 bridgehead atoms. The highest BCUT2D eigenvalue weighted by Crippen LogP contribution is 2.18. The minimum atomic E-state index is -0.117. The third-order valence-corrected chi connectivity index (χ3v) is 4.18. The summed E-state index contributed by atoms with van der Waals surface area (Å²) in [7, 11) is 0. The van der Waals surface area contributed by atoms with Gasteiger partial charge >= 0.3 is 0 Å². The lowest BCUT2D eigenvalue weighted by molar-refractivity contribution is 0.0922. The van der Waals surface area contributed by atoms with Crippen molar-refractivity contribution in [3.05, 3.63) is 47.5 Å². The molecule has 0 saturated heterocycles. The van der Waals surface area contributed by atoms with Crippen LogP contribution < -0.4 is 10.6 Å². The lowest BCUT2D eigenvalue weighted by Gasteiger charge is -2.22. The molecule has 1 fully saturated rings. The first-order valence-electron chi connectivity index (χ1n) is 8.51. The second kappa shape index (κ2) is 7.86. The SMILES string of the molecule is Cc1cc(C(=O)NC2CCCCC2)nc(NCc2ccccn2)n1. The molecule has 0 aliphatic heterocycles. The van der Waals surface area contributed by atoms with Gasteiger partial charge in [-0.1, -0.05) is 25.3 Å². The highest BCUT2D eigenvalue weighted by atomic mass is 16.1. The molecule has 3 rings (SSSR count). The summed E-state index contributed by atoms with van der Waals surface area (Å²) >= 11 is 0. The maximum Gasteiger partial charge on any atom is 0.270 e. The van der Waals surface area contributed by atoms with Crippen molar-refractivity contribution in [3.8, 4) is 0 Å². The minimum Gasteiger partial charge on any atom is -0.349 e. The van der Waals surface area contributed by atoms with E-state index < -0.39 is 0 Å². The first-order valence-corrected chi connectivity index (χ1v) is 8.51. The number of hydrogen-bond donors (Lipinski definition) is 2. The summed E-state index contributed by atoms with van der Waals surface area (Å²) in [5.74, 6) is 0.336. The molecular weight excluding hydrogens is 302 g/mol. The average molecular weight is 325 g/mol.